The van der Waals surface area contributed by atoms with Crippen LogP contribution in [0.1, 0.15) is 106 Å². The first-order valence-corrected chi connectivity index (χ1v) is 26.8. The number of ketones is 1. The number of hydrogen-bond acceptors (Lipinski definition) is 9. The van der Waals surface area contributed by atoms with E-state index in [4.69, 9.17) is 20.2 Å². The number of nitrogens with zero attached hydrogens (tertiary/aromatic N) is 1. The van der Waals surface area contributed by atoms with Gasteiger partial charge in [0.1, 0.15) is 12.4 Å². The Morgan fingerprint density at radius 2 is 1.18 bits per heavy atom. The highest BCUT2D eigenvalue weighted by molar-refractivity contribution is 8.22. The molecule has 6 fully saturated rings. The van der Waals surface area contributed by atoms with E-state index < -0.39 is 14.0 Å². The normalized spacial score (nSPS) is 30.8. The third-order valence-corrected chi connectivity index (χ3v) is 22.2. The summed E-state index contributed by atoms with van der Waals surface area (Å²) in [7, 11) is -0.830. The van der Waals surface area contributed by atoms with Crippen LogP contribution in [-0.2, 0) is 14.3 Å². The lowest BCUT2D eigenvalue weighted by molar-refractivity contribution is -0.141. The molecule has 6 rings (SSSR count). The highest BCUT2D eigenvalue weighted by Crippen LogP contribution is 2.45. The predicted octanol–water partition coefficient (Wildman–Crippen LogP) is 10.9. The summed E-state index contributed by atoms with van der Waals surface area (Å²) in [5, 5.41) is 23.5. The summed E-state index contributed by atoms with van der Waals surface area (Å²) >= 11 is 8.60. The standard InChI is InChI=1S/C11H18S2.C8H14O2.C7H12O.C7H16S2Si.C4H8O.C2H3NO/c1-8-6-10(7-9(8)2)11-12-4-3-5-13-11;1-5-3-7(8(9)10)4-6(5)2;1-5-3-7(8)4-6(5)2;1-10(2,3)7-8-5-4-6-9-7;1-2-4-5-3-1;3-1-2-4/h8-9H,3-7H2,1-2H3;5-7H,3-4H2,1-2H3,(H,9,10);5-6H,3-4H2,1-2H3;7H,4-6H2,1-3H3;1-4H2;4H,2H2/t8-,9+;5-,6+,7?;5-,6+;;;. The van der Waals surface area contributed by atoms with Crippen LogP contribution in [0.4, 0.5) is 0 Å². The second-order valence-electron chi connectivity index (χ2n) is 16.1. The lowest BCUT2D eigenvalue weighted by Gasteiger charge is -2.30. The van der Waals surface area contributed by atoms with Gasteiger partial charge in [-0.15, -0.1) is 23.5 Å². The van der Waals surface area contributed by atoms with E-state index in [0.29, 0.717) is 29.5 Å². The van der Waals surface area contributed by atoms with Gasteiger partial charge in [-0.1, -0.05) is 61.2 Å². The summed E-state index contributed by atoms with van der Waals surface area (Å²) in [6.07, 6.45) is 11.5. The predicted molar refractivity (Wildman–Crippen MR) is 225 cm³/mol. The second kappa shape index (κ2) is 26.6. The molecule has 3 aliphatic carbocycles. The molecule has 11 heteroatoms. The number of rotatable bonds is 2. The summed E-state index contributed by atoms with van der Waals surface area (Å²) < 4.78 is 7.60. The average Bonchev–Trinajstić information content (AvgIpc) is 3.90. The Morgan fingerprint density at radius 3 is 1.46 bits per heavy atom. The molecule has 290 valence electrons. The van der Waals surface area contributed by atoms with Crippen molar-refractivity contribution in [1.82, 2.24) is 0 Å². The summed E-state index contributed by atoms with van der Waals surface area (Å²) in [5.41, 5.74) is 1.77. The molecule has 50 heavy (non-hydrogen) atoms. The minimum atomic E-state index is -0.830. The molecule has 3 saturated carbocycles. The van der Waals surface area contributed by atoms with Crippen LogP contribution < -0.4 is 0 Å². The van der Waals surface area contributed by atoms with Crippen LogP contribution in [0, 0.1) is 52.8 Å². The van der Waals surface area contributed by atoms with Crippen LogP contribution in [0.3, 0.4) is 0 Å². The molecule has 0 amide bonds. The number of nitriles is 1. The van der Waals surface area contributed by atoms with E-state index in [1.54, 1.807) is 9.81 Å². The number of aliphatic carboxylic acids is 1. The van der Waals surface area contributed by atoms with Crippen LogP contribution >= 0.6 is 47.0 Å². The van der Waals surface area contributed by atoms with Crippen molar-refractivity contribution in [2.45, 2.75) is 130 Å². The molecule has 0 aromatic rings. The quantitative estimate of drug-likeness (QED) is 0.207. The van der Waals surface area contributed by atoms with Gasteiger partial charge in [-0.05, 0) is 115 Å². The van der Waals surface area contributed by atoms with Crippen LogP contribution in [-0.4, -0.2) is 77.1 Å². The van der Waals surface area contributed by atoms with E-state index in [2.05, 4.69) is 108 Å². The van der Waals surface area contributed by atoms with E-state index in [1.165, 1.54) is 67.6 Å². The SMILES string of the molecule is C1CCOC1.C[C@@H]1CC(=C2SCCCS2)C[C@@H]1C.C[C@@H]1CC(=O)C[C@@H]1C.C[C@@H]1CC(C(=O)O)C[C@@H]1C.C[Si](C)(C)C1SCCCS1.N#CCO. The van der Waals surface area contributed by atoms with Crippen LogP contribution in [0.25, 0.3) is 0 Å². The van der Waals surface area contributed by atoms with E-state index in [1.807, 2.05) is 0 Å². The molecule has 2 N–H and O–H groups in total. The molecule has 3 saturated heterocycles. The van der Waals surface area contributed by atoms with Gasteiger partial charge in [0.15, 0.2) is 0 Å². The molecule has 6 aliphatic rings. The smallest absolute Gasteiger partial charge is 0.306 e. The summed E-state index contributed by atoms with van der Waals surface area (Å²) in [5.74, 6) is 9.61. The van der Waals surface area contributed by atoms with Gasteiger partial charge in [0.05, 0.1) is 20.1 Å². The Balaban J connectivity index is 0.000000311. The Kier molecular flexibility index (Phi) is 25.5. The first-order chi connectivity index (χ1) is 23.6. The fourth-order valence-electron chi connectivity index (χ4n) is 6.43. The molecule has 0 bridgehead atoms. The Hall–Kier alpha value is -0.0931. The molecular formula is C39H71NO5S4Si. The third kappa shape index (κ3) is 20.4. The van der Waals surface area contributed by atoms with Gasteiger partial charge in [0, 0.05) is 34.5 Å². The fraction of sp³-hybridized carbons (Fsp3) is 0.872. The van der Waals surface area contributed by atoms with Gasteiger partial charge in [0.25, 0.3) is 0 Å². The Morgan fingerprint density at radius 1 is 0.760 bits per heavy atom. The maximum absolute atomic E-state index is 10.7. The molecule has 0 spiro atoms. The monoisotopic (exact) mass is 789 g/mol. The highest BCUT2D eigenvalue weighted by Gasteiger charge is 2.32. The number of carbonyl (C=O) groups is 2. The van der Waals surface area contributed by atoms with Gasteiger partial charge in [-0.3, -0.25) is 9.59 Å². The van der Waals surface area contributed by atoms with E-state index in [0.717, 1.165) is 54.9 Å². The number of Topliss-reactive ketones (excluding diaryl/α,β-unsaturated/α-hetero) is 1. The molecule has 7 atom stereocenters. The summed E-state index contributed by atoms with van der Waals surface area (Å²) in [6.45, 7) is 22.4. The van der Waals surface area contributed by atoms with Crippen molar-refractivity contribution in [2.75, 3.05) is 42.8 Å². The van der Waals surface area contributed by atoms with Crippen LogP contribution in [0.2, 0.25) is 19.6 Å². The van der Waals surface area contributed by atoms with Crippen molar-refractivity contribution < 1.29 is 24.5 Å². The third-order valence-electron chi connectivity index (χ3n) is 10.3. The average molecular weight is 790 g/mol. The van der Waals surface area contributed by atoms with Gasteiger partial charge >= 0.3 is 5.97 Å². The van der Waals surface area contributed by atoms with Crippen LogP contribution in [0.15, 0.2) is 9.81 Å². The molecule has 0 aromatic carbocycles. The lowest BCUT2D eigenvalue weighted by atomic mass is 10.0. The largest absolute Gasteiger partial charge is 0.481 e. The number of carboxylic acid groups (broad SMARTS) is 1. The highest BCUT2D eigenvalue weighted by atomic mass is 32.2. The van der Waals surface area contributed by atoms with Gasteiger partial charge in [-0.2, -0.15) is 28.8 Å². The molecule has 1 unspecified atom stereocenters. The number of aliphatic hydroxyl groups excluding tert-OH is 1. The number of aliphatic hydroxyl groups is 1. The number of carbonyl (C=O) groups excluding carboxylic acids is 1. The van der Waals surface area contributed by atoms with Gasteiger partial charge in [0.2, 0.25) is 0 Å². The number of allylic oxidation sites excluding steroid dienone is 1. The number of hydrogen-bond donors (Lipinski definition) is 2. The van der Waals surface area contributed by atoms with E-state index in [-0.39, 0.29) is 12.5 Å². The van der Waals surface area contributed by atoms with Gasteiger partial charge < -0.3 is 14.9 Å². The Bertz CT molecular complexity index is 989. The molecule has 0 radical (unpaired) electrons. The molecular weight excluding hydrogens is 719 g/mol. The topological polar surface area (TPSA) is 108 Å². The van der Waals surface area contributed by atoms with E-state index in [9.17, 15) is 9.59 Å². The maximum atomic E-state index is 10.7. The fourth-order valence-corrected chi connectivity index (χ4v) is 16.0. The first-order valence-electron chi connectivity index (χ1n) is 19.1. The first kappa shape index (κ1) is 47.9. The van der Waals surface area contributed by atoms with Crippen molar-refractivity contribution >= 4 is 66.9 Å². The number of thioether (sulfide) groups is 4. The van der Waals surface area contributed by atoms with Gasteiger partial charge in [-0.25, -0.2) is 0 Å². The molecule has 6 nitrogen and oxygen atoms in total. The minimum absolute atomic E-state index is 0.0648. The molecule has 3 heterocycles. The molecule has 3 aliphatic heterocycles. The zero-order valence-electron chi connectivity index (χ0n) is 32.8. The maximum Gasteiger partial charge on any atom is 0.306 e. The molecule has 0 aromatic heterocycles. The number of carboxylic acids is 1. The zero-order chi connectivity index (χ0) is 37.7. The van der Waals surface area contributed by atoms with E-state index >= 15 is 0 Å². The van der Waals surface area contributed by atoms with Crippen molar-refractivity contribution in [3.8, 4) is 6.07 Å². The Labute approximate surface area is 324 Å². The number of ether oxygens (including phenoxy) is 1. The second-order valence-corrected chi connectivity index (χ2v) is 27.4. The van der Waals surface area contributed by atoms with Crippen molar-refractivity contribution in [3.63, 3.8) is 0 Å². The zero-order valence-corrected chi connectivity index (χ0v) is 37.1. The summed E-state index contributed by atoms with van der Waals surface area (Å²) in [6, 6.07) is 1.49. The van der Waals surface area contributed by atoms with Crippen LogP contribution in [0.5, 0.6) is 0 Å². The van der Waals surface area contributed by atoms with Crippen molar-refractivity contribution in [2.24, 2.45) is 41.4 Å². The van der Waals surface area contributed by atoms with Crippen molar-refractivity contribution in [3.05, 3.63) is 9.81 Å². The lowest BCUT2D eigenvalue weighted by Crippen LogP contribution is -2.35. The summed E-state index contributed by atoms with van der Waals surface area (Å²) in [4.78, 5) is 21.2. The van der Waals surface area contributed by atoms with Crippen molar-refractivity contribution in [1.29, 1.82) is 5.26 Å². The minimum Gasteiger partial charge on any atom is -0.481 e.